The summed E-state index contributed by atoms with van der Waals surface area (Å²) in [6.07, 6.45) is 3.19. The lowest BCUT2D eigenvalue weighted by atomic mass is 10.0. The Kier molecular flexibility index (Phi) is 4.54. The number of hydrogen-bond donors (Lipinski definition) is 0. The predicted molar refractivity (Wildman–Crippen MR) is 76.6 cm³/mol. The van der Waals surface area contributed by atoms with Gasteiger partial charge in [0.05, 0.1) is 16.7 Å². The second-order valence-electron chi connectivity index (χ2n) is 5.50. The Balaban J connectivity index is 2.25. The third-order valence-corrected chi connectivity index (χ3v) is 3.65. The van der Waals surface area contributed by atoms with E-state index in [9.17, 15) is 14.5 Å². The van der Waals surface area contributed by atoms with Crippen molar-refractivity contribution in [3.05, 3.63) is 34.1 Å². The largest absolute Gasteiger partial charge is 0.365 e. The molecule has 1 aromatic carbocycles. The maximum Gasteiger partial charge on any atom is 0.272 e. The van der Waals surface area contributed by atoms with Gasteiger partial charge < -0.3 is 9.80 Å². The van der Waals surface area contributed by atoms with E-state index in [0.29, 0.717) is 5.69 Å². The lowest BCUT2D eigenvalue weighted by Gasteiger charge is -2.39. The van der Waals surface area contributed by atoms with Gasteiger partial charge >= 0.3 is 0 Å². The zero-order valence-corrected chi connectivity index (χ0v) is 11.9. The van der Waals surface area contributed by atoms with E-state index in [1.807, 2.05) is 19.0 Å². The minimum atomic E-state index is -0.569. The van der Waals surface area contributed by atoms with E-state index in [2.05, 4.69) is 4.90 Å². The summed E-state index contributed by atoms with van der Waals surface area (Å²) in [6, 6.07) is 4.17. The summed E-state index contributed by atoms with van der Waals surface area (Å²) < 4.78 is 14.1. The molecule has 1 fully saturated rings. The molecule has 20 heavy (non-hydrogen) atoms. The first kappa shape index (κ1) is 14.7. The number of hydrogen-bond acceptors (Lipinski definition) is 4. The van der Waals surface area contributed by atoms with Crippen LogP contribution >= 0.6 is 0 Å². The lowest BCUT2D eigenvalue weighted by Crippen LogP contribution is -2.45. The lowest BCUT2D eigenvalue weighted by molar-refractivity contribution is -0.385. The van der Waals surface area contributed by atoms with Gasteiger partial charge in [0.15, 0.2) is 5.82 Å². The molecule has 110 valence electrons. The molecule has 1 atom stereocenters. The van der Waals surface area contributed by atoms with Gasteiger partial charge in [-0.05, 0) is 39.4 Å². The van der Waals surface area contributed by atoms with E-state index in [1.54, 1.807) is 0 Å². The Morgan fingerprint density at radius 2 is 2.20 bits per heavy atom. The number of non-ortho nitro benzene ring substituents is 1. The topological polar surface area (TPSA) is 49.6 Å². The molecule has 1 saturated heterocycles. The van der Waals surface area contributed by atoms with E-state index in [-0.39, 0.29) is 11.7 Å². The van der Waals surface area contributed by atoms with Crippen molar-refractivity contribution in [3.8, 4) is 0 Å². The summed E-state index contributed by atoms with van der Waals surface area (Å²) in [5, 5.41) is 10.7. The van der Waals surface area contributed by atoms with Crippen molar-refractivity contribution in [1.29, 1.82) is 0 Å². The molecule has 0 N–H and O–H groups in total. The van der Waals surface area contributed by atoms with Gasteiger partial charge in [0.1, 0.15) is 0 Å². The van der Waals surface area contributed by atoms with E-state index in [1.165, 1.54) is 12.1 Å². The Bertz CT molecular complexity index is 493. The van der Waals surface area contributed by atoms with Gasteiger partial charge in [0.25, 0.3) is 5.69 Å². The number of nitro benzene ring substituents is 1. The first-order valence-electron chi connectivity index (χ1n) is 6.84. The molecule has 0 bridgehead atoms. The molecule has 1 aliphatic rings. The van der Waals surface area contributed by atoms with Gasteiger partial charge in [-0.1, -0.05) is 0 Å². The van der Waals surface area contributed by atoms with Gasteiger partial charge in [0, 0.05) is 25.2 Å². The third kappa shape index (κ3) is 3.25. The fourth-order valence-corrected chi connectivity index (χ4v) is 2.77. The van der Waals surface area contributed by atoms with E-state index in [4.69, 9.17) is 0 Å². The number of nitrogens with zero attached hydrogens (tertiary/aromatic N) is 3. The monoisotopic (exact) mass is 281 g/mol. The van der Waals surface area contributed by atoms with Crippen LogP contribution in [0.1, 0.15) is 19.3 Å². The second kappa shape index (κ2) is 6.17. The molecule has 0 spiro atoms. The van der Waals surface area contributed by atoms with Crippen molar-refractivity contribution in [2.45, 2.75) is 25.3 Å². The minimum absolute atomic E-state index is 0.201. The summed E-state index contributed by atoms with van der Waals surface area (Å²) >= 11 is 0. The summed E-state index contributed by atoms with van der Waals surface area (Å²) in [5.41, 5.74) is 0.273. The normalized spacial score (nSPS) is 19.4. The highest BCUT2D eigenvalue weighted by Gasteiger charge is 2.26. The molecule has 1 heterocycles. The second-order valence-corrected chi connectivity index (χ2v) is 5.50. The van der Waals surface area contributed by atoms with E-state index >= 15 is 0 Å². The molecule has 1 aromatic rings. The van der Waals surface area contributed by atoms with Crippen LogP contribution in [0.15, 0.2) is 18.2 Å². The summed E-state index contributed by atoms with van der Waals surface area (Å²) in [6.45, 7) is 1.66. The first-order chi connectivity index (χ1) is 9.49. The summed E-state index contributed by atoms with van der Waals surface area (Å²) in [5.74, 6) is -0.509. The molecule has 2 rings (SSSR count). The van der Waals surface area contributed by atoms with Gasteiger partial charge in [-0.2, -0.15) is 0 Å². The van der Waals surface area contributed by atoms with Gasteiger partial charge in [-0.15, -0.1) is 0 Å². The molecule has 1 aliphatic heterocycles. The van der Waals surface area contributed by atoms with E-state index < -0.39 is 10.7 Å². The number of anilines is 1. The smallest absolute Gasteiger partial charge is 0.272 e. The molecular weight excluding hydrogens is 261 g/mol. The Labute approximate surface area is 118 Å². The molecule has 0 aliphatic carbocycles. The standard InChI is InChI=1S/C14H20FN3O2/c1-16(2)10-12-5-3-4-8-17(12)14-7-6-11(18(19)20)9-13(14)15/h6-7,9,12H,3-5,8,10H2,1-2H3. The highest BCUT2D eigenvalue weighted by atomic mass is 19.1. The van der Waals surface area contributed by atoms with Crippen LogP contribution in [-0.4, -0.2) is 43.0 Å². The van der Waals surface area contributed by atoms with Crippen molar-refractivity contribution in [1.82, 2.24) is 4.90 Å². The fourth-order valence-electron chi connectivity index (χ4n) is 2.77. The number of rotatable bonds is 4. The molecule has 0 saturated carbocycles. The molecule has 0 amide bonds. The summed E-state index contributed by atoms with van der Waals surface area (Å²) in [7, 11) is 4.00. The first-order valence-corrected chi connectivity index (χ1v) is 6.84. The third-order valence-electron chi connectivity index (χ3n) is 3.65. The molecule has 1 unspecified atom stereocenters. The van der Waals surface area contributed by atoms with Crippen LogP contribution in [0.5, 0.6) is 0 Å². The van der Waals surface area contributed by atoms with Crippen LogP contribution in [0.25, 0.3) is 0 Å². The van der Waals surface area contributed by atoms with Crippen LogP contribution in [0, 0.1) is 15.9 Å². The molecular formula is C14H20FN3O2. The SMILES string of the molecule is CN(C)CC1CCCCN1c1ccc([N+](=O)[O-])cc1F. The molecule has 6 heteroatoms. The van der Waals surface area contributed by atoms with Crippen LogP contribution in [0.2, 0.25) is 0 Å². The van der Waals surface area contributed by atoms with E-state index in [0.717, 1.165) is 38.4 Å². The number of benzene rings is 1. The molecule has 0 aromatic heterocycles. The van der Waals surface area contributed by atoms with Crippen LogP contribution in [0.4, 0.5) is 15.8 Å². The van der Waals surface area contributed by atoms with Gasteiger partial charge in [-0.3, -0.25) is 10.1 Å². The van der Waals surface area contributed by atoms with Crippen molar-refractivity contribution < 1.29 is 9.31 Å². The number of piperidine rings is 1. The predicted octanol–water partition coefficient (Wildman–Crippen LogP) is 2.65. The Morgan fingerprint density at radius 1 is 1.45 bits per heavy atom. The Hall–Kier alpha value is -1.69. The van der Waals surface area contributed by atoms with Crippen LogP contribution in [0.3, 0.4) is 0 Å². The van der Waals surface area contributed by atoms with Gasteiger partial charge in [-0.25, -0.2) is 4.39 Å². The van der Waals surface area contributed by atoms with Crippen molar-refractivity contribution in [3.63, 3.8) is 0 Å². The Morgan fingerprint density at radius 3 is 2.80 bits per heavy atom. The van der Waals surface area contributed by atoms with Crippen LogP contribution < -0.4 is 4.90 Å². The zero-order valence-electron chi connectivity index (χ0n) is 11.9. The van der Waals surface area contributed by atoms with Crippen molar-refractivity contribution in [2.75, 3.05) is 32.1 Å². The van der Waals surface area contributed by atoms with Crippen molar-refractivity contribution >= 4 is 11.4 Å². The number of nitro groups is 1. The average Bonchev–Trinajstić information content (AvgIpc) is 2.39. The molecule has 5 nitrogen and oxygen atoms in total. The maximum atomic E-state index is 14.1. The zero-order chi connectivity index (χ0) is 14.7. The fraction of sp³-hybridized carbons (Fsp3) is 0.571. The van der Waals surface area contributed by atoms with Gasteiger partial charge in [0.2, 0.25) is 0 Å². The molecule has 0 radical (unpaired) electrons. The highest BCUT2D eigenvalue weighted by molar-refractivity contribution is 5.53. The van der Waals surface area contributed by atoms with Crippen molar-refractivity contribution in [2.24, 2.45) is 0 Å². The minimum Gasteiger partial charge on any atom is -0.365 e. The van der Waals surface area contributed by atoms with Crippen LogP contribution in [-0.2, 0) is 0 Å². The quantitative estimate of drug-likeness (QED) is 0.629. The maximum absolute atomic E-state index is 14.1. The average molecular weight is 281 g/mol. The number of halogens is 1. The summed E-state index contributed by atoms with van der Waals surface area (Å²) in [4.78, 5) is 14.2. The number of likely N-dealkylation sites (N-methyl/N-ethyl adjacent to an activating group) is 1. The highest BCUT2D eigenvalue weighted by Crippen LogP contribution is 2.29.